The zero-order chi connectivity index (χ0) is 18.2. The Hall–Kier alpha value is -0.860. The van der Waals surface area contributed by atoms with Gasteiger partial charge in [-0.3, -0.25) is 0 Å². The van der Waals surface area contributed by atoms with Crippen molar-refractivity contribution in [1.29, 1.82) is 0 Å². The predicted molar refractivity (Wildman–Crippen MR) is 110 cm³/mol. The lowest BCUT2D eigenvalue weighted by molar-refractivity contribution is 0.117. The summed E-state index contributed by atoms with van der Waals surface area (Å²) in [5.41, 5.74) is 8.24. The second-order valence-corrected chi connectivity index (χ2v) is 7.33. The molecule has 0 bridgehead atoms. The average Bonchev–Trinajstić information content (AvgIpc) is 2.59. The Labute approximate surface area is 156 Å². The Bertz CT molecular complexity index is 393. The first-order valence-electron chi connectivity index (χ1n) is 10.7. The van der Waals surface area contributed by atoms with Crippen molar-refractivity contribution in [3.8, 4) is 0 Å². The van der Waals surface area contributed by atoms with E-state index in [1.807, 2.05) is 0 Å². The molecule has 2 heteroatoms. The molecule has 1 aliphatic rings. The Morgan fingerprint density at radius 2 is 1.52 bits per heavy atom. The highest BCUT2D eigenvalue weighted by atomic mass is 16.5. The van der Waals surface area contributed by atoms with Crippen molar-refractivity contribution in [2.24, 2.45) is 5.73 Å². The molecule has 2 N–H and O–H groups in total. The van der Waals surface area contributed by atoms with Gasteiger partial charge in [0.15, 0.2) is 0 Å². The molecular weight excluding hydrogens is 306 g/mol. The van der Waals surface area contributed by atoms with Crippen molar-refractivity contribution in [3.05, 3.63) is 35.4 Å². The fraction of sp³-hybridized carbons (Fsp3) is 0.739. The van der Waals surface area contributed by atoms with Gasteiger partial charge in [0.25, 0.3) is 0 Å². The number of unbranched alkanes of at least 4 members (excludes halogenated alkanes) is 6. The van der Waals surface area contributed by atoms with Crippen LogP contribution in [-0.4, -0.2) is 13.2 Å². The Morgan fingerprint density at radius 1 is 0.880 bits per heavy atom. The van der Waals surface area contributed by atoms with E-state index in [1.54, 1.807) is 0 Å². The highest BCUT2D eigenvalue weighted by Gasteiger charge is 2.18. The average molecular weight is 348 g/mol. The smallest absolute Gasteiger partial charge is 0.0716 e. The van der Waals surface area contributed by atoms with Crippen LogP contribution >= 0.6 is 0 Å². The number of nitrogens with two attached hydrogens (primary N) is 1. The molecule has 0 saturated heterocycles. The minimum atomic E-state index is 0.744. The number of hydrogen-bond donors (Lipinski definition) is 1. The summed E-state index contributed by atoms with van der Waals surface area (Å²) in [4.78, 5) is 0. The molecule has 144 valence electrons. The molecule has 0 amide bonds. The minimum Gasteiger partial charge on any atom is -0.377 e. The topological polar surface area (TPSA) is 35.2 Å². The molecule has 1 saturated carbocycles. The van der Waals surface area contributed by atoms with Gasteiger partial charge in [-0.25, -0.2) is 0 Å². The first-order valence-corrected chi connectivity index (χ1v) is 10.7. The number of rotatable bonds is 12. The van der Waals surface area contributed by atoms with E-state index in [0.29, 0.717) is 0 Å². The molecule has 2 nitrogen and oxygen atoms in total. The van der Waals surface area contributed by atoms with Gasteiger partial charge < -0.3 is 10.5 Å². The monoisotopic (exact) mass is 347 g/mol. The minimum absolute atomic E-state index is 0.744. The molecule has 1 aromatic rings. The normalized spacial score (nSPS) is 13.9. The fourth-order valence-electron chi connectivity index (χ4n) is 3.02. The third-order valence-electron chi connectivity index (χ3n) is 5.02. The summed E-state index contributed by atoms with van der Waals surface area (Å²) in [6, 6.07) is 8.98. The van der Waals surface area contributed by atoms with E-state index in [4.69, 9.17) is 10.5 Å². The van der Waals surface area contributed by atoms with Crippen molar-refractivity contribution in [2.45, 2.75) is 97.0 Å². The maximum Gasteiger partial charge on any atom is 0.0716 e. The molecular formula is C23H41NO. The third-order valence-corrected chi connectivity index (χ3v) is 5.02. The van der Waals surface area contributed by atoms with Gasteiger partial charge in [-0.1, -0.05) is 76.6 Å². The van der Waals surface area contributed by atoms with E-state index in [0.717, 1.165) is 38.5 Å². The first kappa shape index (κ1) is 22.2. The Kier molecular flexibility index (Phi) is 13.7. The van der Waals surface area contributed by atoms with Gasteiger partial charge in [-0.05, 0) is 55.7 Å². The highest BCUT2D eigenvalue weighted by molar-refractivity contribution is 5.26. The van der Waals surface area contributed by atoms with Gasteiger partial charge in [0.1, 0.15) is 0 Å². The molecule has 1 aromatic carbocycles. The van der Waals surface area contributed by atoms with Crippen LogP contribution < -0.4 is 5.73 Å². The van der Waals surface area contributed by atoms with E-state index in [9.17, 15) is 0 Å². The van der Waals surface area contributed by atoms with Crippen LogP contribution in [0.25, 0.3) is 0 Å². The van der Waals surface area contributed by atoms with E-state index < -0.39 is 0 Å². The van der Waals surface area contributed by atoms with Crippen molar-refractivity contribution in [3.63, 3.8) is 0 Å². The third kappa shape index (κ3) is 10.7. The maximum absolute atomic E-state index is 5.67. The predicted octanol–water partition coefficient (Wildman–Crippen LogP) is 6.58. The number of ether oxygens (including phenoxy) is 1. The van der Waals surface area contributed by atoms with Crippen LogP contribution in [0.5, 0.6) is 0 Å². The van der Waals surface area contributed by atoms with Gasteiger partial charge in [0, 0.05) is 6.61 Å². The summed E-state index contributed by atoms with van der Waals surface area (Å²) in [5, 5.41) is 0. The summed E-state index contributed by atoms with van der Waals surface area (Å²) in [6.07, 6.45) is 14.6. The lowest BCUT2D eigenvalue weighted by atomic mass is 9.80. The van der Waals surface area contributed by atoms with Crippen molar-refractivity contribution >= 4 is 0 Å². The van der Waals surface area contributed by atoms with Crippen molar-refractivity contribution < 1.29 is 4.74 Å². The number of hydrogen-bond acceptors (Lipinski definition) is 2. The van der Waals surface area contributed by atoms with Gasteiger partial charge in [-0.2, -0.15) is 0 Å². The van der Waals surface area contributed by atoms with Crippen LogP contribution in [0, 0.1) is 0 Å². The first-order chi connectivity index (χ1) is 12.3. The summed E-state index contributed by atoms with van der Waals surface area (Å²) in [7, 11) is 0. The summed E-state index contributed by atoms with van der Waals surface area (Å²) in [6.45, 7) is 6.88. The lowest BCUT2D eigenvalue weighted by Gasteiger charge is -2.25. The zero-order valence-corrected chi connectivity index (χ0v) is 16.8. The van der Waals surface area contributed by atoms with Gasteiger partial charge >= 0.3 is 0 Å². The molecule has 0 heterocycles. The Morgan fingerprint density at radius 3 is 2.04 bits per heavy atom. The van der Waals surface area contributed by atoms with Gasteiger partial charge in [-0.15, -0.1) is 0 Å². The fourth-order valence-corrected chi connectivity index (χ4v) is 3.02. The van der Waals surface area contributed by atoms with Gasteiger partial charge in [0.05, 0.1) is 6.61 Å². The van der Waals surface area contributed by atoms with Crippen molar-refractivity contribution in [1.82, 2.24) is 0 Å². The van der Waals surface area contributed by atoms with E-state index in [1.165, 1.54) is 68.9 Å². The Balaban J connectivity index is 0.000000381. The summed E-state index contributed by atoms with van der Waals surface area (Å²) >= 11 is 0. The summed E-state index contributed by atoms with van der Waals surface area (Å²) < 4.78 is 5.67. The molecule has 25 heavy (non-hydrogen) atoms. The van der Waals surface area contributed by atoms with Crippen LogP contribution in [0.2, 0.25) is 0 Å². The highest BCUT2D eigenvalue weighted by Crippen LogP contribution is 2.36. The van der Waals surface area contributed by atoms with Crippen LogP contribution in [0.1, 0.15) is 102 Å². The molecule has 0 spiro atoms. The van der Waals surface area contributed by atoms with E-state index in [2.05, 4.69) is 38.1 Å². The van der Waals surface area contributed by atoms with Crippen molar-refractivity contribution in [2.75, 3.05) is 13.2 Å². The molecule has 0 atom stereocenters. The second kappa shape index (κ2) is 15.4. The molecule has 0 aromatic heterocycles. The number of benzene rings is 1. The molecule has 0 unspecified atom stereocenters. The van der Waals surface area contributed by atoms with Crippen LogP contribution in [-0.2, 0) is 11.3 Å². The largest absolute Gasteiger partial charge is 0.377 e. The van der Waals surface area contributed by atoms with Crippen LogP contribution in [0.15, 0.2) is 24.3 Å². The second-order valence-electron chi connectivity index (χ2n) is 7.33. The van der Waals surface area contributed by atoms with Gasteiger partial charge in [0.2, 0.25) is 0 Å². The maximum atomic E-state index is 5.67. The molecule has 1 fully saturated rings. The van der Waals surface area contributed by atoms with E-state index in [-0.39, 0.29) is 0 Å². The van der Waals surface area contributed by atoms with Crippen LogP contribution in [0.4, 0.5) is 0 Å². The SMILES string of the molecule is CCCCCCC.NCCCCCOCc1ccc(C2CCC2)cc1. The molecule has 1 aliphatic carbocycles. The summed E-state index contributed by atoms with van der Waals surface area (Å²) in [5.74, 6) is 0.830. The molecule has 0 aliphatic heterocycles. The van der Waals surface area contributed by atoms with Crippen LogP contribution in [0.3, 0.4) is 0 Å². The van der Waals surface area contributed by atoms with E-state index >= 15 is 0 Å². The standard InChI is InChI=1S/C16H25NO.C7H16/c17-11-2-1-3-12-18-13-14-7-9-16(10-8-14)15-5-4-6-15;1-3-5-7-6-4-2/h7-10,15H,1-6,11-13,17H2;3-7H2,1-2H3. The quantitative estimate of drug-likeness (QED) is 0.434. The molecule has 2 rings (SSSR count). The molecule has 0 radical (unpaired) electrons. The zero-order valence-electron chi connectivity index (χ0n) is 16.8. The lowest BCUT2D eigenvalue weighted by Crippen LogP contribution is -2.08.